The molecule has 0 aromatic carbocycles. The fourth-order valence-electron chi connectivity index (χ4n) is 1.37. The molecule has 0 aromatic rings. The number of nitrogens with one attached hydrogen (secondary N) is 1. The number of carbonyl (C=O) groups is 2. The summed E-state index contributed by atoms with van der Waals surface area (Å²) in [7, 11) is -3.83. The van der Waals surface area contributed by atoms with Crippen molar-refractivity contribution >= 4 is 22.0 Å². The van der Waals surface area contributed by atoms with Crippen LogP contribution in [0.4, 0.5) is 0 Å². The molecule has 124 valence electrons. The predicted octanol–water partition coefficient (Wildman–Crippen LogP) is -0.172. The number of hydrogen-bond donors (Lipinski definition) is 3. The van der Waals surface area contributed by atoms with E-state index in [1.807, 2.05) is 4.72 Å². The summed E-state index contributed by atoms with van der Waals surface area (Å²) in [6, 6.07) is -3.39. The van der Waals surface area contributed by atoms with Gasteiger partial charge in [0.05, 0.1) is 5.75 Å². The summed E-state index contributed by atoms with van der Waals surface area (Å²) in [5, 5.41) is 9.06. The Morgan fingerprint density at radius 2 is 1.86 bits per heavy atom. The third-order valence-corrected chi connectivity index (χ3v) is 3.82. The van der Waals surface area contributed by atoms with Crippen molar-refractivity contribution in [1.29, 1.82) is 0 Å². The molecule has 0 rings (SSSR count). The molecule has 0 aliphatic carbocycles. The van der Waals surface area contributed by atoms with Crippen molar-refractivity contribution in [2.24, 2.45) is 5.73 Å². The van der Waals surface area contributed by atoms with Crippen LogP contribution in [0.1, 0.15) is 40.5 Å². The van der Waals surface area contributed by atoms with E-state index >= 15 is 0 Å². The first kappa shape index (κ1) is 19.8. The van der Waals surface area contributed by atoms with Crippen LogP contribution < -0.4 is 10.5 Å². The number of carboxylic acids is 1. The summed E-state index contributed by atoms with van der Waals surface area (Å²) in [6.45, 7) is 6.59. The quantitative estimate of drug-likeness (QED) is 0.527. The third kappa shape index (κ3) is 7.98. The van der Waals surface area contributed by atoms with Crippen molar-refractivity contribution in [2.75, 3.05) is 5.75 Å². The highest BCUT2D eigenvalue weighted by atomic mass is 32.2. The number of nitrogens with two attached hydrogens (primary N) is 1. The van der Waals surface area contributed by atoms with Gasteiger partial charge in [-0.1, -0.05) is 13.3 Å². The number of aliphatic carboxylic acids is 1. The third-order valence-electron chi connectivity index (χ3n) is 2.38. The average molecular weight is 324 g/mol. The van der Waals surface area contributed by atoms with Crippen LogP contribution in [0.5, 0.6) is 0 Å². The maximum absolute atomic E-state index is 11.8. The maximum Gasteiger partial charge on any atom is 0.325 e. The molecule has 0 aliphatic rings. The molecule has 0 spiro atoms. The first-order valence-corrected chi connectivity index (χ1v) is 8.26. The lowest BCUT2D eigenvalue weighted by atomic mass is 10.1. The molecular weight excluding hydrogens is 300 g/mol. The van der Waals surface area contributed by atoms with Crippen LogP contribution in [0, 0.1) is 0 Å². The number of carbonyl (C=O) groups excluding carboxylic acids is 1. The molecular formula is C12H24N2O6S. The largest absolute Gasteiger partial charge is 0.480 e. The summed E-state index contributed by atoms with van der Waals surface area (Å²) < 4.78 is 30.4. The highest BCUT2D eigenvalue weighted by Crippen LogP contribution is 2.10. The van der Waals surface area contributed by atoms with Crippen molar-refractivity contribution < 1.29 is 27.9 Å². The van der Waals surface area contributed by atoms with E-state index in [0.29, 0.717) is 12.8 Å². The zero-order valence-electron chi connectivity index (χ0n) is 12.8. The zero-order chi connectivity index (χ0) is 16.8. The van der Waals surface area contributed by atoms with Crippen molar-refractivity contribution in [1.82, 2.24) is 4.72 Å². The van der Waals surface area contributed by atoms with E-state index in [2.05, 4.69) is 0 Å². The molecule has 9 heteroatoms. The van der Waals surface area contributed by atoms with Crippen LogP contribution in [-0.4, -0.2) is 48.9 Å². The Morgan fingerprint density at radius 1 is 1.33 bits per heavy atom. The second-order valence-corrected chi connectivity index (χ2v) is 7.54. The van der Waals surface area contributed by atoms with Gasteiger partial charge >= 0.3 is 11.9 Å². The lowest BCUT2D eigenvalue weighted by Gasteiger charge is -2.25. The van der Waals surface area contributed by atoms with E-state index in [9.17, 15) is 18.0 Å². The molecule has 0 fully saturated rings. The monoisotopic (exact) mass is 324 g/mol. The van der Waals surface area contributed by atoms with E-state index in [-0.39, 0.29) is 5.75 Å². The van der Waals surface area contributed by atoms with E-state index < -0.39 is 39.6 Å². The molecule has 0 aromatic heterocycles. The molecule has 0 saturated heterocycles. The Kier molecular flexibility index (Phi) is 7.28. The molecule has 8 nitrogen and oxygen atoms in total. The maximum atomic E-state index is 11.8. The Balaban J connectivity index is 4.99. The van der Waals surface area contributed by atoms with Crippen LogP contribution in [0.2, 0.25) is 0 Å². The van der Waals surface area contributed by atoms with Gasteiger partial charge in [0.2, 0.25) is 10.0 Å². The van der Waals surface area contributed by atoms with Gasteiger partial charge in [-0.25, -0.2) is 8.42 Å². The van der Waals surface area contributed by atoms with Gasteiger partial charge in [0.1, 0.15) is 17.7 Å². The molecule has 0 heterocycles. The Bertz CT molecular complexity index is 469. The first-order chi connectivity index (χ1) is 9.39. The highest BCUT2D eigenvalue weighted by Gasteiger charge is 2.36. The number of unbranched alkanes of at least 4 members (excludes halogenated alkanes) is 1. The summed E-state index contributed by atoms with van der Waals surface area (Å²) in [6.07, 6.45) is 1.01. The van der Waals surface area contributed by atoms with Gasteiger partial charge < -0.3 is 15.6 Å². The summed E-state index contributed by atoms with van der Waals surface area (Å²) in [4.78, 5) is 22.9. The van der Waals surface area contributed by atoms with Gasteiger partial charge in [-0.05, 0) is 27.2 Å². The highest BCUT2D eigenvalue weighted by molar-refractivity contribution is 7.89. The summed E-state index contributed by atoms with van der Waals surface area (Å²) in [5.41, 5.74) is 4.67. The van der Waals surface area contributed by atoms with Crippen LogP contribution in [-0.2, 0) is 24.3 Å². The predicted molar refractivity (Wildman–Crippen MR) is 77.1 cm³/mol. The molecule has 0 radical (unpaired) electrons. The molecule has 0 aliphatic heterocycles. The van der Waals surface area contributed by atoms with Crippen molar-refractivity contribution in [3.8, 4) is 0 Å². The number of carboxylic acid groups (broad SMARTS) is 1. The Hall–Kier alpha value is -1.19. The van der Waals surface area contributed by atoms with Gasteiger partial charge in [0.25, 0.3) is 0 Å². The van der Waals surface area contributed by atoms with Crippen molar-refractivity contribution in [3.63, 3.8) is 0 Å². The minimum absolute atomic E-state index is 0.228. The topological polar surface area (TPSA) is 136 Å². The molecule has 21 heavy (non-hydrogen) atoms. The van der Waals surface area contributed by atoms with Crippen LogP contribution in [0.25, 0.3) is 0 Å². The van der Waals surface area contributed by atoms with Crippen molar-refractivity contribution in [3.05, 3.63) is 0 Å². The fraction of sp³-hybridized carbons (Fsp3) is 0.833. The van der Waals surface area contributed by atoms with E-state index in [4.69, 9.17) is 15.6 Å². The van der Waals surface area contributed by atoms with E-state index in [0.717, 1.165) is 0 Å². The normalized spacial score (nSPS) is 15.3. The lowest BCUT2D eigenvalue weighted by molar-refractivity contribution is -0.160. The minimum atomic E-state index is -3.83. The molecule has 1 unspecified atom stereocenters. The molecule has 0 amide bonds. The Labute approximate surface area is 125 Å². The first-order valence-electron chi connectivity index (χ1n) is 6.61. The number of ether oxygens (including phenoxy) is 1. The number of sulfonamides is 1. The number of esters is 1. The van der Waals surface area contributed by atoms with E-state index in [1.165, 1.54) is 0 Å². The van der Waals surface area contributed by atoms with Gasteiger partial charge in [-0.2, -0.15) is 4.72 Å². The lowest BCUT2D eigenvalue weighted by Crippen LogP contribution is -2.57. The molecule has 4 N–H and O–H groups in total. The van der Waals surface area contributed by atoms with Gasteiger partial charge in [-0.3, -0.25) is 9.59 Å². The second-order valence-electron chi connectivity index (χ2n) is 5.67. The fourth-order valence-corrected chi connectivity index (χ4v) is 2.79. The smallest absolute Gasteiger partial charge is 0.325 e. The SMILES string of the molecule is CCCCS(=O)(=O)N[C@H](C(=O)O)C(N)C(=O)OC(C)(C)C. The molecule has 0 saturated carbocycles. The number of hydrogen-bond acceptors (Lipinski definition) is 6. The van der Waals surface area contributed by atoms with Crippen molar-refractivity contribution in [2.45, 2.75) is 58.2 Å². The molecule has 0 bridgehead atoms. The van der Waals surface area contributed by atoms with Gasteiger partial charge in [-0.15, -0.1) is 0 Å². The van der Waals surface area contributed by atoms with Gasteiger partial charge in [0, 0.05) is 0 Å². The standard InChI is InChI=1S/C12H24N2O6S/c1-5-6-7-21(18,19)14-9(10(15)16)8(13)11(17)20-12(2,3)4/h8-9,14H,5-7,13H2,1-4H3,(H,15,16)/t8?,9-/m0/s1. The van der Waals surface area contributed by atoms with Gasteiger partial charge in [0.15, 0.2) is 0 Å². The number of rotatable bonds is 8. The van der Waals surface area contributed by atoms with Crippen LogP contribution >= 0.6 is 0 Å². The minimum Gasteiger partial charge on any atom is -0.480 e. The van der Waals surface area contributed by atoms with E-state index in [1.54, 1.807) is 27.7 Å². The Morgan fingerprint density at radius 3 is 2.24 bits per heavy atom. The van der Waals surface area contributed by atoms with Crippen LogP contribution in [0.15, 0.2) is 0 Å². The average Bonchev–Trinajstić information content (AvgIpc) is 2.30. The van der Waals surface area contributed by atoms with Crippen LogP contribution in [0.3, 0.4) is 0 Å². The molecule has 2 atom stereocenters. The second kappa shape index (κ2) is 7.71. The summed E-state index contributed by atoms with van der Waals surface area (Å²) in [5.74, 6) is -2.74. The zero-order valence-corrected chi connectivity index (χ0v) is 13.6. The summed E-state index contributed by atoms with van der Waals surface area (Å²) >= 11 is 0.